The Morgan fingerprint density at radius 1 is 0.889 bits per heavy atom. The fraction of sp³-hybridized carbons (Fsp3) is 0.190. The normalized spacial score (nSPS) is 11.3. The third-order valence-electron chi connectivity index (χ3n) is 3.95. The zero-order chi connectivity index (χ0) is 19.1. The van der Waals surface area contributed by atoms with Gasteiger partial charge in [-0.1, -0.05) is 35.9 Å². The molecular weight excluding hydrogens is 362 g/mol. The molecule has 0 unspecified atom stereocenters. The molecule has 5 nitrogen and oxygen atoms in total. The number of aryl methyl sites for hydroxylation is 1. The van der Waals surface area contributed by atoms with Gasteiger partial charge in [0.25, 0.3) is 10.1 Å². The Morgan fingerprint density at radius 3 is 2.30 bits per heavy atom. The molecule has 1 heterocycles. The summed E-state index contributed by atoms with van der Waals surface area (Å²) in [6.07, 6.45) is 4.39. The standard InChI is InChI=1S/C21H21NO4S/c1-17-4-10-21(11-5-17)27(23,24)26-14-13-25-20-8-6-18(7-9-20)15-19-3-2-12-22-16-19/h2-12,16H,13-15H2,1H3. The smallest absolute Gasteiger partial charge is 0.297 e. The second-order valence-electron chi connectivity index (χ2n) is 6.12. The van der Waals surface area contributed by atoms with E-state index in [1.54, 1.807) is 18.3 Å². The highest BCUT2D eigenvalue weighted by molar-refractivity contribution is 7.86. The predicted octanol–water partition coefficient (Wildman–Crippen LogP) is 3.77. The van der Waals surface area contributed by atoms with Crippen LogP contribution in [0, 0.1) is 6.92 Å². The van der Waals surface area contributed by atoms with Crippen LogP contribution in [0.1, 0.15) is 16.7 Å². The molecule has 6 heteroatoms. The lowest BCUT2D eigenvalue weighted by atomic mass is 10.1. The van der Waals surface area contributed by atoms with Crippen molar-refractivity contribution >= 4 is 10.1 Å². The van der Waals surface area contributed by atoms with Crippen molar-refractivity contribution in [2.45, 2.75) is 18.2 Å². The van der Waals surface area contributed by atoms with Crippen LogP contribution in [0.4, 0.5) is 0 Å². The molecular formula is C21H21NO4S. The highest BCUT2D eigenvalue weighted by atomic mass is 32.2. The summed E-state index contributed by atoms with van der Waals surface area (Å²) < 4.78 is 34.8. The van der Waals surface area contributed by atoms with Crippen LogP contribution >= 0.6 is 0 Å². The van der Waals surface area contributed by atoms with E-state index in [1.165, 1.54) is 12.1 Å². The van der Waals surface area contributed by atoms with Crippen molar-refractivity contribution in [2.24, 2.45) is 0 Å². The van der Waals surface area contributed by atoms with Gasteiger partial charge in [0.05, 0.1) is 4.90 Å². The lowest BCUT2D eigenvalue weighted by Gasteiger charge is -2.09. The van der Waals surface area contributed by atoms with Crippen LogP contribution in [0.3, 0.4) is 0 Å². The number of aromatic nitrogens is 1. The molecule has 0 bridgehead atoms. The minimum Gasteiger partial charge on any atom is -0.491 e. The molecule has 0 saturated carbocycles. The van der Waals surface area contributed by atoms with E-state index >= 15 is 0 Å². The highest BCUT2D eigenvalue weighted by Crippen LogP contribution is 2.16. The van der Waals surface area contributed by atoms with Gasteiger partial charge in [0, 0.05) is 12.4 Å². The van der Waals surface area contributed by atoms with Gasteiger partial charge in [0.1, 0.15) is 19.0 Å². The summed E-state index contributed by atoms with van der Waals surface area (Å²) in [7, 11) is -3.76. The topological polar surface area (TPSA) is 65.5 Å². The fourth-order valence-corrected chi connectivity index (χ4v) is 3.41. The second-order valence-corrected chi connectivity index (χ2v) is 7.73. The van der Waals surface area contributed by atoms with Crippen LogP contribution in [0.5, 0.6) is 5.75 Å². The molecule has 0 aliphatic heterocycles. The summed E-state index contributed by atoms with van der Waals surface area (Å²) >= 11 is 0. The number of ether oxygens (including phenoxy) is 1. The summed E-state index contributed by atoms with van der Waals surface area (Å²) in [5.41, 5.74) is 3.28. The van der Waals surface area contributed by atoms with Crippen molar-refractivity contribution < 1.29 is 17.3 Å². The molecule has 0 fully saturated rings. The van der Waals surface area contributed by atoms with E-state index in [-0.39, 0.29) is 18.1 Å². The first-order valence-electron chi connectivity index (χ1n) is 8.60. The maximum absolute atomic E-state index is 12.1. The lowest BCUT2D eigenvalue weighted by Crippen LogP contribution is -2.13. The average molecular weight is 383 g/mol. The molecule has 27 heavy (non-hydrogen) atoms. The molecule has 0 spiro atoms. The van der Waals surface area contributed by atoms with Crippen LogP contribution in [0.25, 0.3) is 0 Å². The van der Waals surface area contributed by atoms with Crippen molar-refractivity contribution in [2.75, 3.05) is 13.2 Å². The molecule has 3 rings (SSSR count). The number of rotatable bonds is 8. The molecule has 140 valence electrons. The Labute approximate surface area is 159 Å². The summed E-state index contributed by atoms with van der Waals surface area (Å²) in [6.45, 7) is 1.99. The maximum atomic E-state index is 12.1. The summed E-state index contributed by atoms with van der Waals surface area (Å²) in [5, 5.41) is 0. The van der Waals surface area contributed by atoms with Crippen molar-refractivity contribution in [1.29, 1.82) is 0 Å². The van der Waals surface area contributed by atoms with Gasteiger partial charge in [-0.25, -0.2) is 0 Å². The molecule has 1 aromatic heterocycles. The molecule has 0 N–H and O–H groups in total. The molecule has 3 aromatic rings. The number of hydrogen-bond acceptors (Lipinski definition) is 5. The van der Waals surface area contributed by atoms with Gasteiger partial charge in [0.15, 0.2) is 0 Å². The molecule has 0 radical (unpaired) electrons. The molecule has 0 aliphatic rings. The molecule has 0 aliphatic carbocycles. The molecule has 2 aromatic carbocycles. The zero-order valence-corrected chi connectivity index (χ0v) is 15.9. The Balaban J connectivity index is 1.47. The van der Waals surface area contributed by atoms with Gasteiger partial charge in [-0.2, -0.15) is 8.42 Å². The van der Waals surface area contributed by atoms with Gasteiger partial charge < -0.3 is 4.74 Å². The zero-order valence-electron chi connectivity index (χ0n) is 15.0. The van der Waals surface area contributed by atoms with Gasteiger partial charge >= 0.3 is 0 Å². The van der Waals surface area contributed by atoms with E-state index in [1.807, 2.05) is 49.5 Å². The number of nitrogens with zero attached hydrogens (tertiary/aromatic N) is 1. The number of benzene rings is 2. The van der Waals surface area contributed by atoms with Crippen molar-refractivity contribution in [1.82, 2.24) is 4.98 Å². The maximum Gasteiger partial charge on any atom is 0.297 e. The molecule has 0 atom stereocenters. The first-order chi connectivity index (χ1) is 13.0. The Morgan fingerprint density at radius 2 is 1.63 bits per heavy atom. The van der Waals surface area contributed by atoms with Crippen LogP contribution in [0.15, 0.2) is 78.0 Å². The summed E-state index contributed by atoms with van der Waals surface area (Å²) in [6, 6.07) is 18.2. The van der Waals surface area contributed by atoms with E-state index in [4.69, 9.17) is 8.92 Å². The summed E-state index contributed by atoms with van der Waals surface area (Å²) in [4.78, 5) is 4.25. The molecule has 0 amide bonds. The Bertz CT molecular complexity index is 953. The van der Waals surface area contributed by atoms with Crippen molar-refractivity contribution in [3.05, 3.63) is 89.7 Å². The Kier molecular flexibility index (Phi) is 6.21. The van der Waals surface area contributed by atoms with Gasteiger partial charge in [0.2, 0.25) is 0 Å². The van der Waals surface area contributed by atoms with E-state index < -0.39 is 10.1 Å². The third-order valence-corrected chi connectivity index (χ3v) is 5.28. The quantitative estimate of drug-likeness (QED) is 0.438. The lowest BCUT2D eigenvalue weighted by molar-refractivity contribution is 0.221. The average Bonchev–Trinajstić information content (AvgIpc) is 2.68. The second kappa shape index (κ2) is 8.79. The van der Waals surface area contributed by atoms with Crippen LogP contribution < -0.4 is 4.74 Å². The minimum absolute atomic E-state index is 0.0480. The van der Waals surface area contributed by atoms with E-state index in [2.05, 4.69) is 4.98 Å². The van der Waals surface area contributed by atoms with E-state index in [0.29, 0.717) is 5.75 Å². The van der Waals surface area contributed by atoms with E-state index in [0.717, 1.165) is 23.1 Å². The van der Waals surface area contributed by atoms with Crippen molar-refractivity contribution in [3.8, 4) is 5.75 Å². The highest BCUT2D eigenvalue weighted by Gasteiger charge is 2.14. The first kappa shape index (κ1) is 19.1. The predicted molar refractivity (Wildman–Crippen MR) is 103 cm³/mol. The van der Waals surface area contributed by atoms with E-state index in [9.17, 15) is 8.42 Å². The summed E-state index contributed by atoms with van der Waals surface area (Å²) in [5.74, 6) is 0.668. The Hall–Kier alpha value is -2.70. The fourth-order valence-electron chi connectivity index (χ4n) is 2.52. The van der Waals surface area contributed by atoms with Gasteiger partial charge in [-0.15, -0.1) is 0 Å². The van der Waals surface area contributed by atoms with Gasteiger partial charge in [-0.3, -0.25) is 9.17 Å². The molecule has 0 saturated heterocycles. The van der Waals surface area contributed by atoms with Gasteiger partial charge in [-0.05, 0) is 54.8 Å². The number of pyridine rings is 1. The first-order valence-corrected chi connectivity index (χ1v) is 10.0. The van der Waals surface area contributed by atoms with Crippen LogP contribution in [-0.4, -0.2) is 26.6 Å². The number of hydrogen-bond donors (Lipinski definition) is 0. The SMILES string of the molecule is Cc1ccc(S(=O)(=O)OCCOc2ccc(Cc3cccnc3)cc2)cc1. The van der Waals surface area contributed by atoms with Crippen LogP contribution in [-0.2, 0) is 20.7 Å². The van der Waals surface area contributed by atoms with Crippen LogP contribution in [0.2, 0.25) is 0 Å². The minimum atomic E-state index is -3.76. The third kappa shape index (κ3) is 5.64. The van der Waals surface area contributed by atoms with Crippen molar-refractivity contribution in [3.63, 3.8) is 0 Å². The largest absolute Gasteiger partial charge is 0.491 e. The monoisotopic (exact) mass is 383 g/mol.